The van der Waals surface area contributed by atoms with Gasteiger partial charge in [-0.15, -0.1) is 0 Å². The van der Waals surface area contributed by atoms with Crippen LogP contribution in [0.1, 0.15) is 115 Å². The van der Waals surface area contributed by atoms with Gasteiger partial charge < -0.3 is 49.6 Å². The Bertz CT molecular complexity index is 6360. The van der Waals surface area contributed by atoms with Crippen molar-refractivity contribution in [1.29, 1.82) is 0 Å². The summed E-state index contributed by atoms with van der Waals surface area (Å²) in [6.07, 6.45) is 16.3. The van der Waals surface area contributed by atoms with Crippen LogP contribution < -0.4 is 25.8 Å². The number of phenolic OH excluding ortho intramolecular Hbond substituents is 2. The largest absolute Gasteiger partial charge is 0.744 e. The van der Waals surface area contributed by atoms with E-state index in [9.17, 15) is 76.5 Å². The molecule has 0 aromatic heterocycles. The molecule has 0 saturated heterocycles. The topological polar surface area (TPSA) is 366 Å². The van der Waals surface area contributed by atoms with Crippen molar-refractivity contribution >= 4 is 92.1 Å². The third-order valence-corrected chi connectivity index (χ3v) is 24.4. The third-order valence-electron chi connectivity index (χ3n) is 20.9. The van der Waals surface area contributed by atoms with Gasteiger partial charge in [-0.05, 0) is 244 Å². The quantitative estimate of drug-likeness (QED) is 0.0168. The van der Waals surface area contributed by atoms with Gasteiger partial charge in [0.25, 0.3) is 21.9 Å². The van der Waals surface area contributed by atoms with Crippen molar-refractivity contribution in [3.63, 3.8) is 0 Å². The lowest BCUT2D eigenvalue weighted by Gasteiger charge is -2.25. The van der Waals surface area contributed by atoms with E-state index in [4.69, 9.17) is 0 Å². The van der Waals surface area contributed by atoms with Gasteiger partial charge in [0.15, 0.2) is 24.5 Å². The first kappa shape index (κ1) is 92.0. The maximum Gasteiger partial charge on any atom is 0.295 e. The van der Waals surface area contributed by atoms with Crippen LogP contribution in [0.25, 0.3) is 11.1 Å². The van der Waals surface area contributed by atoms with Crippen molar-refractivity contribution in [2.24, 2.45) is 0 Å². The van der Waals surface area contributed by atoms with E-state index in [1.807, 2.05) is 134 Å². The number of hydrogen-bond donors (Lipinski definition) is 6. The third kappa shape index (κ3) is 25.0. The number of rotatable bonds is 32. The maximum atomic E-state index is 13.3. The molecule has 28 heteroatoms. The summed E-state index contributed by atoms with van der Waals surface area (Å²) in [7, 11) is -19.3. The average Bonchev–Trinajstić information content (AvgIpc) is 0.771. The predicted octanol–water partition coefficient (Wildman–Crippen LogP) is 13.7. The molecule has 10 aromatic rings. The Morgan fingerprint density at radius 2 is 0.758 bits per heavy atom. The van der Waals surface area contributed by atoms with Crippen LogP contribution in [0.15, 0.2) is 310 Å². The molecule has 12 rings (SSSR count). The maximum absolute atomic E-state index is 13.3. The lowest BCUT2D eigenvalue weighted by Crippen LogP contribution is -2.37. The van der Waals surface area contributed by atoms with Crippen LogP contribution in [0.5, 0.6) is 11.5 Å². The first-order valence-electron chi connectivity index (χ1n) is 40.1. The van der Waals surface area contributed by atoms with Crippen LogP contribution in [0.3, 0.4) is 0 Å². The number of hydrogen-bond acceptors (Lipinski definition) is 18. The molecule has 24 nitrogen and oxygen atoms in total. The summed E-state index contributed by atoms with van der Waals surface area (Å²) in [4.78, 5) is 41.5. The molecule has 0 bridgehead atoms. The van der Waals surface area contributed by atoms with Crippen molar-refractivity contribution < 1.29 is 85.6 Å². The number of carbonyl (C=O) groups excluding carboxylic acids is 3. The molecule has 2 aliphatic carbocycles. The number of aryl methyl sites for hydroxylation is 2. The van der Waals surface area contributed by atoms with Crippen molar-refractivity contribution in [2.75, 3.05) is 55.6 Å². The highest BCUT2D eigenvalue weighted by molar-refractivity contribution is 7.86. The molecule has 0 unspecified atom stereocenters. The van der Waals surface area contributed by atoms with E-state index < -0.39 is 74.5 Å². The molecule has 0 aliphatic heterocycles. The zero-order valence-corrected chi connectivity index (χ0v) is 72.5. The Balaban J connectivity index is 0.000000242. The number of nitrogens with one attached hydrogen (secondary N) is 3. The highest BCUT2D eigenvalue weighted by Gasteiger charge is 2.27. The summed E-state index contributed by atoms with van der Waals surface area (Å²) in [6, 6.07) is 64.2. The Kier molecular flexibility index (Phi) is 30.7. The second-order valence-electron chi connectivity index (χ2n) is 29.6. The fourth-order valence-electron chi connectivity index (χ4n) is 14.5. The molecular formula is C96H96N7O17S4-. The van der Waals surface area contributed by atoms with E-state index in [-0.39, 0.29) is 63.2 Å². The molecule has 0 spiro atoms. The zero-order chi connectivity index (χ0) is 89.0. The number of amides is 3. The van der Waals surface area contributed by atoms with Crippen LogP contribution >= 0.6 is 0 Å². The number of phenols is 2. The van der Waals surface area contributed by atoms with Gasteiger partial charge in [-0.1, -0.05) is 132 Å². The monoisotopic (exact) mass is 1750 g/mol. The second kappa shape index (κ2) is 41.4. The second-order valence-corrected chi connectivity index (χ2v) is 35.1. The van der Waals surface area contributed by atoms with E-state index >= 15 is 0 Å². The van der Waals surface area contributed by atoms with Gasteiger partial charge in [0.1, 0.15) is 59.8 Å². The lowest BCUT2D eigenvalue weighted by molar-refractivity contribution is -0.539. The minimum Gasteiger partial charge on any atom is -0.744 e. The average molecular weight is 1750 g/mol. The summed E-state index contributed by atoms with van der Waals surface area (Å²) in [5.41, 5.74) is 14.6. The Labute approximate surface area is 724 Å². The summed E-state index contributed by atoms with van der Waals surface area (Å²) < 4.78 is 151. The molecule has 3 amide bonds. The molecule has 0 radical (unpaired) electrons. The van der Waals surface area contributed by atoms with Gasteiger partial charge in [0.2, 0.25) is 5.91 Å². The first-order valence-corrected chi connectivity index (χ1v) is 45.8. The van der Waals surface area contributed by atoms with Gasteiger partial charge in [0.05, 0.1) is 21.2 Å². The molecule has 0 atom stereocenters. The van der Waals surface area contributed by atoms with E-state index in [1.165, 1.54) is 77.9 Å². The smallest absolute Gasteiger partial charge is 0.295 e. The zero-order valence-electron chi connectivity index (χ0n) is 69.2. The Hall–Kier alpha value is -12.8. The minimum atomic E-state index is -5.19. The standard InChI is InChI=1S/C49H50N4O9S2.C47H47N3O8S2/c1-4-52(32-36-9-6-8-34(3)28-36)41-19-14-38(15-20-41)48(39-16-21-42(22-17-39)53(5-2)33-37-10-7-11-44(29-37)63(57,58)59)45-25-18-40(30-46(45)64(60,61)62)49(56)51-31-47(55)50-27-26-35-12-23-43(54)24-13-35;1-4-49(31-35-9-6-8-33(3)28-35)40-19-14-37(15-20-40)46(38-16-21-41(22-17-38)50(5-2)32-36-10-7-11-43(29-36)59(53,54)55)44-25-18-39(30-45(44)60(56,57)58)47(52)48-27-26-34-12-23-42(51)24-13-34/h6-25,28-30H,4-5,26-27,31-33H2,1-3H3,(H4-,50,51,54,55,56,57,58,59,60,61,62);6-25,28-30H,4-5,26-27,31-32H2,1-3H3,(H3-,48,51,52,53,54,55,56,57,58)/p-1. The van der Waals surface area contributed by atoms with Crippen LogP contribution in [0, 0.1) is 13.8 Å². The highest BCUT2D eigenvalue weighted by atomic mass is 32.2. The molecular weight excluding hydrogens is 1650 g/mol. The van der Waals surface area contributed by atoms with Crippen molar-refractivity contribution in [3.8, 4) is 11.5 Å². The van der Waals surface area contributed by atoms with E-state index in [1.54, 1.807) is 72.8 Å². The van der Waals surface area contributed by atoms with Gasteiger partial charge >= 0.3 is 0 Å². The predicted molar refractivity (Wildman–Crippen MR) is 477 cm³/mol. The summed E-state index contributed by atoms with van der Waals surface area (Å²) in [5, 5.41) is 27.1. The summed E-state index contributed by atoms with van der Waals surface area (Å²) >= 11 is 0. The lowest BCUT2D eigenvalue weighted by atomic mass is 9.90. The number of benzene rings is 10. The molecule has 0 saturated carbocycles. The van der Waals surface area contributed by atoms with E-state index in [2.05, 4.69) is 76.2 Å². The number of anilines is 2. The van der Waals surface area contributed by atoms with Crippen molar-refractivity contribution in [2.45, 2.75) is 100 Å². The fourth-order valence-corrected chi connectivity index (χ4v) is 17.1. The van der Waals surface area contributed by atoms with Crippen molar-refractivity contribution in [3.05, 3.63) is 368 Å². The Morgan fingerprint density at radius 1 is 0.387 bits per heavy atom. The molecule has 124 heavy (non-hydrogen) atoms. The Morgan fingerprint density at radius 3 is 1.14 bits per heavy atom. The van der Waals surface area contributed by atoms with E-state index in [0.29, 0.717) is 96.7 Å². The van der Waals surface area contributed by atoms with E-state index in [0.717, 1.165) is 57.7 Å². The summed E-state index contributed by atoms with van der Waals surface area (Å²) in [5.74, 6) is -1.50. The molecule has 10 aromatic carbocycles. The van der Waals surface area contributed by atoms with Crippen molar-refractivity contribution in [1.82, 2.24) is 16.0 Å². The minimum absolute atomic E-state index is 0.0456. The fraction of sp³-hybridized carbons (Fsp3) is 0.198. The SMILES string of the molecule is CCN(Cc1cccc(S(=O)(=O)[O-])c1)c1ccc(C(=C2C=CC(=[N+](CC)Cc3cccc(C)c3)C=C2)c2ccc(C(=O)NCC(=O)NCCc3ccc(O)cc3)cc2S(=O)(=O)[O-])cc1.CCN(Cc1cccc(S(=O)(=O)[O-])c1)c1ccc(C(=C2C=CC(=[N+](CC)Cc3cccc(C)c3)C=C2)c2ccc(C(=O)NCCc3ccc(O)cc3)cc2S(=O)(=O)O)cc1. The molecule has 6 N–H and O–H groups in total. The highest BCUT2D eigenvalue weighted by Crippen LogP contribution is 2.38. The van der Waals surface area contributed by atoms with Gasteiger partial charge in [-0.3, -0.25) is 18.9 Å². The number of allylic oxidation sites excluding steroid dienone is 10. The normalized spacial score (nSPS) is 12.6. The molecule has 0 heterocycles. The molecule has 642 valence electrons. The first-order chi connectivity index (χ1) is 59.1. The van der Waals surface area contributed by atoms with Gasteiger partial charge in [-0.2, -0.15) is 8.42 Å². The number of aromatic hydroxyl groups is 2. The molecule has 2 aliphatic rings. The van der Waals surface area contributed by atoms with Gasteiger partial charge in [-0.25, -0.2) is 34.4 Å². The number of carbonyl (C=O) groups is 3. The van der Waals surface area contributed by atoms with Crippen LogP contribution in [0.4, 0.5) is 11.4 Å². The number of nitrogens with zero attached hydrogens (tertiary/aromatic N) is 4. The van der Waals surface area contributed by atoms with Crippen LogP contribution in [-0.4, -0.2) is 146 Å². The summed E-state index contributed by atoms with van der Waals surface area (Å²) in [6.45, 7) is 16.7. The van der Waals surface area contributed by atoms with Crippen LogP contribution in [0.2, 0.25) is 0 Å². The van der Waals surface area contributed by atoms with Crippen LogP contribution in [-0.2, 0) is 84.3 Å². The van der Waals surface area contributed by atoms with Gasteiger partial charge in [0, 0.05) is 108 Å². The molecule has 0 fully saturated rings.